The molecular formula is C21H25N5O4. The van der Waals surface area contributed by atoms with Crippen LogP contribution in [0.15, 0.2) is 18.2 Å². The molecule has 0 aliphatic rings. The van der Waals surface area contributed by atoms with Gasteiger partial charge in [-0.15, -0.1) is 5.10 Å². The molecule has 2 aromatic heterocycles. The van der Waals surface area contributed by atoms with Crippen molar-refractivity contribution in [3.63, 3.8) is 0 Å². The summed E-state index contributed by atoms with van der Waals surface area (Å²) in [5.41, 5.74) is 9.36. The summed E-state index contributed by atoms with van der Waals surface area (Å²) >= 11 is 0. The van der Waals surface area contributed by atoms with Gasteiger partial charge in [0.25, 0.3) is 5.78 Å². The van der Waals surface area contributed by atoms with Crippen LogP contribution in [0.4, 0.5) is 5.95 Å². The Hall–Kier alpha value is -3.49. The van der Waals surface area contributed by atoms with E-state index in [1.807, 2.05) is 20.8 Å². The molecule has 0 amide bonds. The molecule has 0 atom stereocenters. The predicted octanol–water partition coefficient (Wildman–Crippen LogP) is 2.60. The fourth-order valence-electron chi connectivity index (χ4n) is 3.25. The second-order valence-corrected chi connectivity index (χ2v) is 6.92. The lowest BCUT2D eigenvalue weighted by Crippen LogP contribution is -2.11. The Morgan fingerprint density at radius 1 is 1.20 bits per heavy atom. The zero-order chi connectivity index (χ0) is 21.8. The third-order valence-electron chi connectivity index (χ3n) is 4.80. The fourth-order valence-corrected chi connectivity index (χ4v) is 3.25. The van der Waals surface area contributed by atoms with Gasteiger partial charge in [-0.3, -0.25) is 9.59 Å². The van der Waals surface area contributed by atoms with Crippen molar-refractivity contribution in [1.82, 2.24) is 19.6 Å². The lowest BCUT2D eigenvalue weighted by Gasteiger charge is -2.13. The third-order valence-corrected chi connectivity index (χ3v) is 4.80. The van der Waals surface area contributed by atoms with E-state index in [9.17, 15) is 9.59 Å². The summed E-state index contributed by atoms with van der Waals surface area (Å²) in [7, 11) is 0. The van der Waals surface area contributed by atoms with Crippen molar-refractivity contribution >= 4 is 23.5 Å². The average molecular weight is 411 g/mol. The van der Waals surface area contributed by atoms with Gasteiger partial charge in [-0.2, -0.15) is 9.50 Å². The molecule has 3 aromatic rings. The van der Waals surface area contributed by atoms with Crippen LogP contribution < -0.4 is 10.5 Å². The number of benzene rings is 1. The number of aromatic nitrogens is 4. The summed E-state index contributed by atoms with van der Waals surface area (Å²) in [4.78, 5) is 32.5. The molecule has 2 N–H and O–H groups in total. The zero-order valence-corrected chi connectivity index (χ0v) is 17.6. The third kappa shape index (κ3) is 4.56. The minimum absolute atomic E-state index is 0.0319. The molecule has 0 aliphatic carbocycles. The quantitative estimate of drug-likeness (QED) is 0.443. The molecule has 0 bridgehead atoms. The normalized spacial score (nSPS) is 10.9. The minimum Gasteiger partial charge on any atom is -0.493 e. The molecule has 2 heterocycles. The number of nitrogens with zero attached hydrogens (tertiary/aromatic N) is 4. The minimum atomic E-state index is -0.359. The number of anilines is 1. The second-order valence-electron chi connectivity index (χ2n) is 6.92. The number of ether oxygens (including phenoxy) is 2. The van der Waals surface area contributed by atoms with E-state index >= 15 is 0 Å². The molecule has 0 unspecified atom stereocenters. The van der Waals surface area contributed by atoms with Crippen molar-refractivity contribution < 1.29 is 19.1 Å². The van der Waals surface area contributed by atoms with Crippen LogP contribution in [0.1, 0.15) is 53.1 Å². The SMILES string of the molecule is CCOc1ccc(C(C)=O)cc1COC(=O)CCc1c(C)nc2nc(N)nn2c1C. The summed E-state index contributed by atoms with van der Waals surface area (Å²) in [5, 5.41) is 4.13. The van der Waals surface area contributed by atoms with Gasteiger partial charge in [0.15, 0.2) is 5.78 Å². The van der Waals surface area contributed by atoms with Gasteiger partial charge in [-0.25, -0.2) is 4.98 Å². The Morgan fingerprint density at radius 3 is 2.67 bits per heavy atom. The molecule has 0 saturated heterocycles. The number of carbonyl (C=O) groups is 2. The monoisotopic (exact) mass is 411 g/mol. The number of aryl methyl sites for hydroxylation is 2. The van der Waals surface area contributed by atoms with Crippen molar-refractivity contribution in [1.29, 1.82) is 0 Å². The van der Waals surface area contributed by atoms with Crippen LogP contribution in [0.25, 0.3) is 5.78 Å². The number of fused-ring (bicyclic) bond motifs is 1. The first kappa shape index (κ1) is 21.2. The van der Waals surface area contributed by atoms with Gasteiger partial charge >= 0.3 is 5.97 Å². The average Bonchev–Trinajstić information content (AvgIpc) is 3.07. The van der Waals surface area contributed by atoms with Crippen molar-refractivity contribution in [2.45, 2.75) is 47.1 Å². The van der Waals surface area contributed by atoms with Crippen molar-refractivity contribution in [3.05, 3.63) is 46.3 Å². The standard InChI is InChI=1S/C21H25N5O4/c1-5-29-18-8-6-15(14(4)27)10-16(18)11-30-19(28)9-7-17-12(2)23-21-24-20(22)25-26(21)13(17)3/h6,8,10H,5,7,9,11H2,1-4H3,(H2,22,25). The Morgan fingerprint density at radius 2 is 1.97 bits per heavy atom. The molecule has 0 fully saturated rings. The van der Waals surface area contributed by atoms with Crippen molar-refractivity contribution in [2.24, 2.45) is 0 Å². The number of hydrogen-bond donors (Lipinski definition) is 1. The maximum Gasteiger partial charge on any atom is 0.306 e. The van der Waals surface area contributed by atoms with E-state index < -0.39 is 0 Å². The summed E-state index contributed by atoms with van der Waals surface area (Å²) in [6, 6.07) is 5.12. The molecule has 0 radical (unpaired) electrons. The first-order valence-electron chi connectivity index (χ1n) is 9.70. The zero-order valence-electron chi connectivity index (χ0n) is 17.6. The Kier molecular flexibility index (Phi) is 6.29. The topological polar surface area (TPSA) is 122 Å². The van der Waals surface area contributed by atoms with Crippen LogP contribution in [-0.2, 0) is 22.6 Å². The van der Waals surface area contributed by atoms with E-state index in [2.05, 4.69) is 15.1 Å². The highest BCUT2D eigenvalue weighted by atomic mass is 16.5. The van der Waals surface area contributed by atoms with Crippen molar-refractivity contribution in [3.8, 4) is 5.75 Å². The number of rotatable bonds is 8. The first-order chi connectivity index (χ1) is 14.3. The number of Topliss-reactive ketones (excluding diaryl/α,β-unsaturated/α-hetero) is 1. The first-order valence-corrected chi connectivity index (χ1v) is 9.70. The number of esters is 1. The number of carbonyl (C=O) groups excluding carboxylic acids is 2. The van der Waals surface area contributed by atoms with Crippen LogP contribution in [-0.4, -0.2) is 37.9 Å². The van der Waals surface area contributed by atoms with E-state index in [1.54, 1.807) is 22.7 Å². The van der Waals surface area contributed by atoms with Crippen LogP contribution in [0, 0.1) is 13.8 Å². The van der Waals surface area contributed by atoms with E-state index in [0.717, 1.165) is 17.0 Å². The molecule has 0 saturated carbocycles. The maximum absolute atomic E-state index is 12.4. The largest absolute Gasteiger partial charge is 0.493 e. The second kappa shape index (κ2) is 8.89. The Labute approximate surface area is 174 Å². The van der Waals surface area contributed by atoms with Gasteiger partial charge in [0.2, 0.25) is 5.95 Å². The number of nitrogen functional groups attached to an aromatic ring is 1. The van der Waals surface area contributed by atoms with Gasteiger partial charge in [0.05, 0.1) is 6.61 Å². The lowest BCUT2D eigenvalue weighted by molar-refractivity contribution is -0.144. The fraction of sp³-hybridized carbons (Fsp3) is 0.381. The molecule has 30 heavy (non-hydrogen) atoms. The van der Waals surface area contributed by atoms with Crippen molar-refractivity contribution in [2.75, 3.05) is 12.3 Å². The smallest absolute Gasteiger partial charge is 0.306 e. The van der Waals surface area contributed by atoms with Crippen LogP contribution >= 0.6 is 0 Å². The van der Waals surface area contributed by atoms with E-state index in [4.69, 9.17) is 15.2 Å². The van der Waals surface area contributed by atoms with Gasteiger partial charge in [-0.1, -0.05) is 0 Å². The number of ketones is 1. The Bertz CT molecular complexity index is 1110. The molecule has 0 spiro atoms. The number of nitrogens with two attached hydrogens (primary N) is 1. The Balaban J connectivity index is 1.68. The molecule has 9 heteroatoms. The van der Waals surface area contributed by atoms with Gasteiger partial charge < -0.3 is 15.2 Å². The summed E-state index contributed by atoms with van der Waals surface area (Å²) < 4.78 is 12.6. The molecule has 1 aromatic carbocycles. The molecule has 3 rings (SSSR count). The lowest BCUT2D eigenvalue weighted by atomic mass is 10.1. The van der Waals surface area contributed by atoms with E-state index in [-0.39, 0.29) is 30.7 Å². The van der Waals surface area contributed by atoms with Crippen LogP contribution in [0.5, 0.6) is 5.75 Å². The van der Waals surface area contributed by atoms with E-state index in [1.165, 1.54) is 6.92 Å². The molecule has 0 aliphatic heterocycles. The highest BCUT2D eigenvalue weighted by molar-refractivity contribution is 5.94. The van der Waals surface area contributed by atoms with E-state index in [0.29, 0.717) is 35.7 Å². The molecular weight excluding hydrogens is 386 g/mol. The van der Waals surface area contributed by atoms with Crippen LogP contribution in [0.2, 0.25) is 0 Å². The molecule has 9 nitrogen and oxygen atoms in total. The van der Waals surface area contributed by atoms with Gasteiger partial charge in [-0.05, 0) is 57.9 Å². The highest BCUT2D eigenvalue weighted by Crippen LogP contribution is 2.22. The van der Waals surface area contributed by atoms with Crippen LogP contribution in [0.3, 0.4) is 0 Å². The number of hydrogen-bond acceptors (Lipinski definition) is 8. The maximum atomic E-state index is 12.4. The summed E-state index contributed by atoms with van der Waals surface area (Å²) in [6.07, 6.45) is 0.625. The van der Waals surface area contributed by atoms with Gasteiger partial charge in [0.1, 0.15) is 12.4 Å². The predicted molar refractivity (Wildman–Crippen MR) is 110 cm³/mol. The van der Waals surface area contributed by atoms with Gasteiger partial charge in [0, 0.05) is 28.9 Å². The summed E-state index contributed by atoms with van der Waals surface area (Å²) in [6.45, 7) is 7.61. The summed E-state index contributed by atoms with van der Waals surface area (Å²) in [5.74, 6) is 0.762. The molecule has 158 valence electrons. The highest BCUT2D eigenvalue weighted by Gasteiger charge is 2.15.